The van der Waals surface area contributed by atoms with Crippen molar-refractivity contribution in [1.82, 2.24) is 14.6 Å². The third-order valence-corrected chi connectivity index (χ3v) is 4.46. The van der Waals surface area contributed by atoms with Crippen LogP contribution in [0.1, 0.15) is 0 Å². The third-order valence-electron chi connectivity index (χ3n) is 4.46. The number of ether oxygens (including phenoxy) is 1. The molecular formula is C17H19FN6O. The predicted octanol–water partition coefficient (Wildman–Crippen LogP) is 1.79. The molecule has 0 aliphatic carbocycles. The van der Waals surface area contributed by atoms with E-state index >= 15 is 0 Å². The van der Waals surface area contributed by atoms with Crippen LogP contribution < -0.4 is 20.3 Å². The number of hydrogen-bond acceptors (Lipinski definition) is 6. The molecule has 130 valence electrons. The van der Waals surface area contributed by atoms with Gasteiger partial charge in [0.15, 0.2) is 5.75 Å². The SMILES string of the molecule is COc1ccc(N2CCN(c3ccc(F)cc3)CC2)n2nc(N)nc12. The van der Waals surface area contributed by atoms with Crippen molar-refractivity contribution in [3.8, 4) is 5.75 Å². The van der Waals surface area contributed by atoms with Gasteiger partial charge in [0.1, 0.15) is 11.6 Å². The van der Waals surface area contributed by atoms with Crippen LogP contribution in [0.5, 0.6) is 5.75 Å². The van der Waals surface area contributed by atoms with Gasteiger partial charge in [0.2, 0.25) is 11.6 Å². The first-order valence-corrected chi connectivity index (χ1v) is 8.10. The minimum absolute atomic E-state index is 0.216. The number of fused-ring (bicyclic) bond motifs is 1. The van der Waals surface area contributed by atoms with Gasteiger partial charge in [-0.25, -0.2) is 4.39 Å². The molecule has 1 saturated heterocycles. The van der Waals surface area contributed by atoms with E-state index in [9.17, 15) is 4.39 Å². The normalized spacial score (nSPS) is 15.0. The van der Waals surface area contributed by atoms with E-state index in [-0.39, 0.29) is 11.8 Å². The summed E-state index contributed by atoms with van der Waals surface area (Å²) in [6, 6.07) is 10.5. The highest BCUT2D eigenvalue weighted by Gasteiger charge is 2.21. The lowest BCUT2D eigenvalue weighted by molar-refractivity contribution is 0.416. The zero-order valence-electron chi connectivity index (χ0n) is 13.9. The van der Waals surface area contributed by atoms with Gasteiger partial charge >= 0.3 is 0 Å². The minimum atomic E-state index is -0.216. The number of anilines is 3. The summed E-state index contributed by atoms with van der Waals surface area (Å²) in [6.07, 6.45) is 0. The smallest absolute Gasteiger partial charge is 0.240 e. The summed E-state index contributed by atoms with van der Waals surface area (Å²) in [4.78, 5) is 8.72. The molecule has 0 atom stereocenters. The van der Waals surface area contributed by atoms with Gasteiger partial charge in [-0.15, -0.1) is 5.10 Å². The van der Waals surface area contributed by atoms with Gasteiger partial charge in [-0.05, 0) is 36.4 Å². The lowest BCUT2D eigenvalue weighted by Crippen LogP contribution is -2.47. The highest BCUT2D eigenvalue weighted by Crippen LogP contribution is 2.26. The van der Waals surface area contributed by atoms with Crippen molar-refractivity contribution in [1.29, 1.82) is 0 Å². The fourth-order valence-corrected chi connectivity index (χ4v) is 3.19. The van der Waals surface area contributed by atoms with Crippen molar-refractivity contribution in [2.24, 2.45) is 0 Å². The summed E-state index contributed by atoms with van der Waals surface area (Å²) >= 11 is 0. The second kappa shape index (κ2) is 6.12. The number of aromatic nitrogens is 3. The molecule has 1 aliphatic rings. The van der Waals surface area contributed by atoms with Crippen molar-refractivity contribution in [3.05, 3.63) is 42.2 Å². The standard InChI is InChI=1S/C17H19FN6O/c1-25-14-6-7-15(24-16(14)20-17(19)21-24)23-10-8-22(9-11-23)13-4-2-12(18)3-5-13/h2-7H,8-11H2,1H3,(H2,19,21). The van der Waals surface area contributed by atoms with Gasteiger partial charge in [0.05, 0.1) is 7.11 Å². The molecule has 1 fully saturated rings. The Labute approximate surface area is 144 Å². The summed E-state index contributed by atoms with van der Waals surface area (Å²) in [7, 11) is 1.60. The van der Waals surface area contributed by atoms with Gasteiger partial charge in [0, 0.05) is 31.9 Å². The molecule has 0 bridgehead atoms. The number of piperazine rings is 1. The Bertz CT molecular complexity index is 886. The van der Waals surface area contributed by atoms with E-state index in [0.717, 1.165) is 37.7 Å². The molecular weight excluding hydrogens is 323 g/mol. The van der Waals surface area contributed by atoms with E-state index in [1.165, 1.54) is 12.1 Å². The first-order chi connectivity index (χ1) is 12.2. The molecule has 8 heteroatoms. The highest BCUT2D eigenvalue weighted by molar-refractivity contribution is 5.62. The molecule has 2 aromatic heterocycles. The van der Waals surface area contributed by atoms with Crippen LogP contribution in [0.15, 0.2) is 36.4 Å². The second-order valence-electron chi connectivity index (χ2n) is 5.92. The number of hydrogen-bond donors (Lipinski definition) is 1. The number of benzene rings is 1. The Morgan fingerprint density at radius 1 is 1.00 bits per heavy atom. The Kier molecular flexibility index (Phi) is 3.79. The number of methoxy groups -OCH3 is 1. The quantitative estimate of drug-likeness (QED) is 0.782. The van der Waals surface area contributed by atoms with Crippen LogP contribution in [0.2, 0.25) is 0 Å². The van der Waals surface area contributed by atoms with Gasteiger partial charge < -0.3 is 20.3 Å². The van der Waals surface area contributed by atoms with Crippen LogP contribution in [0.3, 0.4) is 0 Å². The van der Waals surface area contributed by atoms with E-state index < -0.39 is 0 Å². The number of nitrogens with two attached hydrogens (primary N) is 1. The Balaban J connectivity index is 1.56. The van der Waals surface area contributed by atoms with Crippen molar-refractivity contribution < 1.29 is 9.13 Å². The molecule has 7 nitrogen and oxygen atoms in total. The third kappa shape index (κ3) is 2.79. The van der Waals surface area contributed by atoms with Crippen LogP contribution in [-0.2, 0) is 0 Å². The fourth-order valence-electron chi connectivity index (χ4n) is 3.19. The maximum absolute atomic E-state index is 13.1. The molecule has 0 amide bonds. The first kappa shape index (κ1) is 15.5. The largest absolute Gasteiger partial charge is 0.493 e. The first-order valence-electron chi connectivity index (χ1n) is 8.10. The molecule has 2 N–H and O–H groups in total. The average Bonchev–Trinajstić information content (AvgIpc) is 3.03. The molecule has 3 aromatic rings. The monoisotopic (exact) mass is 342 g/mol. The maximum atomic E-state index is 13.1. The lowest BCUT2D eigenvalue weighted by atomic mass is 10.2. The van der Waals surface area contributed by atoms with E-state index in [1.807, 2.05) is 24.3 Å². The minimum Gasteiger partial charge on any atom is -0.493 e. The van der Waals surface area contributed by atoms with E-state index in [4.69, 9.17) is 10.5 Å². The number of rotatable bonds is 3. The van der Waals surface area contributed by atoms with Gasteiger partial charge in [-0.2, -0.15) is 9.50 Å². The number of nitrogens with zero attached hydrogens (tertiary/aromatic N) is 5. The Hall–Kier alpha value is -3.03. The molecule has 1 aliphatic heterocycles. The molecule has 4 rings (SSSR count). The number of pyridine rings is 1. The zero-order valence-corrected chi connectivity index (χ0v) is 13.9. The molecule has 0 saturated carbocycles. The predicted molar refractivity (Wildman–Crippen MR) is 94.8 cm³/mol. The Morgan fingerprint density at radius 2 is 1.68 bits per heavy atom. The van der Waals surface area contributed by atoms with Crippen molar-refractivity contribution >= 4 is 23.1 Å². The van der Waals surface area contributed by atoms with Crippen molar-refractivity contribution in [2.75, 3.05) is 48.8 Å². The number of halogens is 1. The van der Waals surface area contributed by atoms with Crippen molar-refractivity contribution in [2.45, 2.75) is 0 Å². The highest BCUT2D eigenvalue weighted by atomic mass is 19.1. The van der Waals surface area contributed by atoms with E-state index in [2.05, 4.69) is 19.9 Å². The molecule has 1 aromatic carbocycles. The molecule has 0 spiro atoms. The summed E-state index contributed by atoms with van der Waals surface area (Å²) in [5, 5.41) is 4.29. The summed E-state index contributed by atoms with van der Waals surface area (Å²) < 4.78 is 20.1. The fraction of sp³-hybridized carbons (Fsp3) is 0.294. The second-order valence-corrected chi connectivity index (χ2v) is 5.92. The van der Waals surface area contributed by atoms with E-state index in [0.29, 0.717) is 11.4 Å². The van der Waals surface area contributed by atoms with Crippen LogP contribution in [-0.4, -0.2) is 47.9 Å². The maximum Gasteiger partial charge on any atom is 0.240 e. The summed E-state index contributed by atoms with van der Waals surface area (Å²) in [6.45, 7) is 3.31. The lowest BCUT2D eigenvalue weighted by Gasteiger charge is -2.37. The number of nitrogen functional groups attached to an aromatic ring is 1. The van der Waals surface area contributed by atoms with Gasteiger partial charge in [-0.1, -0.05) is 0 Å². The Morgan fingerprint density at radius 3 is 2.36 bits per heavy atom. The summed E-state index contributed by atoms with van der Waals surface area (Å²) in [5.74, 6) is 1.57. The summed E-state index contributed by atoms with van der Waals surface area (Å²) in [5.41, 5.74) is 7.41. The van der Waals surface area contributed by atoms with Gasteiger partial charge in [-0.3, -0.25) is 0 Å². The van der Waals surface area contributed by atoms with E-state index in [1.54, 1.807) is 11.6 Å². The van der Waals surface area contributed by atoms with Crippen molar-refractivity contribution in [3.63, 3.8) is 0 Å². The van der Waals surface area contributed by atoms with Crippen LogP contribution in [0.4, 0.5) is 21.8 Å². The van der Waals surface area contributed by atoms with Crippen LogP contribution >= 0.6 is 0 Å². The topological polar surface area (TPSA) is 71.9 Å². The molecule has 25 heavy (non-hydrogen) atoms. The van der Waals surface area contributed by atoms with Crippen LogP contribution in [0.25, 0.3) is 5.65 Å². The van der Waals surface area contributed by atoms with Gasteiger partial charge in [0.25, 0.3) is 0 Å². The molecule has 3 heterocycles. The molecule has 0 unspecified atom stereocenters. The zero-order chi connectivity index (χ0) is 17.4. The van der Waals surface area contributed by atoms with Crippen LogP contribution in [0, 0.1) is 5.82 Å². The average molecular weight is 342 g/mol. The molecule has 0 radical (unpaired) electrons.